The summed E-state index contributed by atoms with van der Waals surface area (Å²) in [5.41, 5.74) is 5.21. The summed E-state index contributed by atoms with van der Waals surface area (Å²) in [5.74, 6) is 1.77. The van der Waals surface area contributed by atoms with E-state index in [9.17, 15) is 4.79 Å². The van der Waals surface area contributed by atoms with Crippen molar-refractivity contribution in [3.05, 3.63) is 11.6 Å². The molecule has 2 aliphatic rings. The van der Waals surface area contributed by atoms with Crippen molar-refractivity contribution in [3.63, 3.8) is 0 Å². The van der Waals surface area contributed by atoms with E-state index in [0.717, 1.165) is 31.0 Å². The van der Waals surface area contributed by atoms with Crippen LogP contribution in [0.3, 0.4) is 0 Å². The van der Waals surface area contributed by atoms with Gasteiger partial charge in [-0.05, 0) is 12.8 Å². The third-order valence-corrected chi connectivity index (χ3v) is 3.89. The van der Waals surface area contributed by atoms with Crippen LogP contribution in [0, 0.1) is 0 Å². The molecule has 0 saturated carbocycles. The third-order valence-electron chi connectivity index (χ3n) is 3.89. The van der Waals surface area contributed by atoms with Gasteiger partial charge in [-0.1, -0.05) is 0 Å². The average Bonchev–Trinajstić information content (AvgIpc) is 3.07. The van der Waals surface area contributed by atoms with Crippen molar-refractivity contribution in [1.29, 1.82) is 0 Å². The highest BCUT2D eigenvalue weighted by molar-refractivity contribution is 5.86. The fourth-order valence-corrected chi connectivity index (χ4v) is 2.74. The highest BCUT2D eigenvalue weighted by Crippen LogP contribution is 2.20. The number of nitrogens with two attached hydrogens (primary N) is 1. The van der Waals surface area contributed by atoms with Gasteiger partial charge in [-0.2, -0.15) is 0 Å². The number of carbonyl (C=O) groups excluding carboxylic acids is 1. The summed E-state index contributed by atoms with van der Waals surface area (Å²) in [7, 11) is 1.76. The van der Waals surface area contributed by atoms with E-state index in [1.54, 1.807) is 11.9 Å². The van der Waals surface area contributed by atoms with Gasteiger partial charge in [-0.3, -0.25) is 4.79 Å². The van der Waals surface area contributed by atoms with Gasteiger partial charge in [0.1, 0.15) is 11.4 Å². The molecular formula is C12H19N5O2. The molecule has 104 valence electrons. The van der Waals surface area contributed by atoms with Crippen LogP contribution in [0.25, 0.3) is 0 Å². The predicted octanol–water partition coefficient (Wildman–Crippen LogP) is -0.699. The second kappa shape index (κ2) is 4.57. The lowest BCUT2D eigenvalue weighted by Gasteiger charge is -2.27. The maximum absolute atomic E-state index is 12.4. The largest absolute Gasteiger partial charge is 0.379 e. The van der Waals surface area contributed by atoms with Crippen molar-refractivity contribution in [2.45, 2.75) is 37.9 Å². The lowest BCUT2D eigenvalue weighted by atomic mass is 9.98. The van der Waals surface area contributed by atoms with Gasteiger partial charge in [0, 0.05) is 26.6 Å². The Morgan fingerprint density at radius 1 is 1.58 bits per heavy atom. The van der Waals surface area contributed by atoms with E-state index in [2.05, 4.69) is 14.8 Å². The van der Waals surface area contributed by atoms with E-state index < -0.39 is 5.54 Å². The number of aromatic nitrogens is 3. The summed E-state index contributed by atoms with van der Waals surface area (Å²) >= 11 is 0. The number of fused-ring (bicyclic) bond motifs is 1. The predicted molar refractivity (Wildman–Crippen MR) is 67.2 cm³/mol. The number of hydrogen-bond acceptors (Lipinski definition) is 5. The van der Waals surface area contributed by atoms with Crippen LogP contribution >= 0.6 is 0 Å². The number of ether oxygens (including phenoxy) is 1. The SMILES string of the molecule is CN(Cc1nnc2n1CCC2)C(=O)C1(N)CCOC1. The van der Waals surface area contributed by atoms with Gasteiger partial charge in [0.2, 0.25) is 5.91 Å². The molecule has 2 N–H and O–H groups in total. The van der Waals surface area contributed by atoms with Crippen LogP contribution in [0.4, 0.5) is 0 Å². The maximum Gasteiger partial charge on any atom is 0.245 e. The van der Waals surface area contributed by atoms with Gasteiger partial charge in [0.05, 0.1) is 13.2 Å². The first-order valence-electron chi connectivity index (χ1n) is 6.63. The van der Waals surface area contributed by atoms with Crippen molar-refractivity contribution >= 4 is 5.91 Å². The standard InChI is InChI=1S/C12H19N5O2/c1-16(11(18)12(13)4-6-19-8-12)7-10-15-14-9-3-2-5-17(9)10/h2-8,13H2,1H3. The minimum absolute atomic E-state index is 0.0830. The molecule has 0 bridgehead atoms. The minimum atomic E-state index is -0.872. The van der Waals surface area contributed by atoms with E-state index >= 15 is 0 Å². The second-order valence-electron chi connectivity index (χ2n) is 5.41. The molecule has 1 atom stereocenters. The number of likely N-dealkylation sites (N-methyl/N-ethyl adjacent to an activating group) is 1. The normalized spacial score (nSPS) is 25.6. The van der Waals surface area contributed by atoms with E-state index in [4.69, 9.17) is 10.5 Å². The number of hydrogen-bond donors (Lipinski definition) is 1. The molecule has 3 rings (SSSR count). The average molecular weight is 265 g/mol. The lowest BCUT2D eigenvalue weighted by molar-refractivity contribution is -0.136. The minimum Gasteiger partial charge on any atom is -0.379 e. The Hall–Kier alpha value is -1.47. The van der Waals surface area contributed by atoms with E-state index in [-0.39, 0.29) is 5.91 Å². The van der Waals surface area contributed by atoms with Crippen molar-refractivity contribution in [1.82, 2.24) is 19.7 Å². The van der Waals surface area contributed by atoms with Crippen molar-refractivity contribution in [2.24, 2.45) is 5.73 Å². The van der Waals surface area contributed by atoms with Crippen molar-refractivity contribution in [2.75, 3.05) is 20.3 Å². The van der Waals surface area contributed by atoms with Crippen LogP contribution < -0.4 is 5.73 Å². The van der Waals surface area contributed by atoms with Gasteiger partial charge in [0.15, 0.2) is 5.82 Å². The Bertz CT molecular complexity index is 492. The van der Waals surface area contributed by atoms with Gasteiger partial charge < -0.3 is 19.9 Å². The smallest absolute Gasteiger partial charge is 0.245 e. The molecule has 1 aromatic rings. The number of aryl methyl sites for hydroxylation is 1. The molecule has 1 fully saturated rings. The molecular weight excluding hydrogens is 246 g/mol. The summed E-state index contributed by atoms with van der Waals surface area (Å²) in [6.45, 7) is 2.24. The molecule has 1 saturated heterocycles. The number of rotatable bonds is 3. The third kappa shape index (κ3) is 2.12. The lowest BCUT2D eigenvalue weighted by Crippen LogP contribution is -2.54. The Morgan fingerprint density at radius 3 is 3.16 bits per heavy atom. The van der Waals surface area contributed by atoms with Crippen LogP contribution in [0.2, 0.25) is 0 Å². The van der Waals surface area contributed by atoms with Crippen molar-refractivity contribution in [3.8, 4) is 0 Å². The van der Waals surface area contributed by atoms with Crippen LogP contribution in [-0.4, -0.2) is 51.4 Å². The first-order chi connectivity index (χ1) is 9.10. The molecule has 3 heterocycles. The molecule has 0 aliphatic carbocycles. The zero-order valence-corrected chi connectivity index (χ0v) is 11.1. The van der Waals surface area contributed by atoms with Crippen molar-refractivity contribution < 1.29 is 9.53 Å². The van der Waals surface area contributed by atoms with E-state index in [1.807, 2.05) is 0 Å². The van der Waals surface area contributed by atoms with E-state index in [0.29, 0.717) is 26.2 Å². The van der Waals surface area contributed by atoms with Gasteiger partial charge >= 0.3 is 0 Å². The highest BCUT2D eigenvalue weighted by Gasteiger charge is 2.40. The molecule has 0 aromatic carbocycles. The Labute approximate surface area is 111 Å². The maximum atomic E-state index is 12.4. The summed E-state index contributed by atoms with van der Waals surface area (Å²) < 4.78 is 7.33. The second-order valence-corrected chi connectivity index (χ2v) is 5.41. The van der Waals surface area contributed by atoms with Crippen LogP contribution in [-0.2, 0) is 29.0 Å². The monoisotopic (exact) mass is 265 g/mol. The number of carbonyl (C=O) groups is 1. The van der Waals surface area contributed by atoms with E-state index in [1.165, 1.54) is 0 Å². The quantitative estimate of drug-likeness (QED) is 0.781. The Kier molecular flexibility index (Phi) is 3.02. The first-order valence-corrected chi connectivity index (χ1v) is 6.63. The number of nitrogens with zero attached hydrogens (tertiary/aromatic N) is 4. The molecule has 7 heteroatoms. The summed E-state index contributed by atoms with van der Waals surface area (Å²) in [6.07, 6.45) is 2.65. The molecule has 0 spiro atoms. The zero-order valence-electron chi connectivity index (χ0n) is 11.1. The van der Waals surface area contributed by atoms with Gasteiger partial charge in [0.25, 0.3) is 0 Å². The van der Waals surface area contributed by atoms with Gasteiger partial charge in [-0.15, -0.1) is 10.2 Å². The summed E-state index contributed by atoms with van der Waals surface area (Å²) in [5, 5.41) is 8.30. The molecule has 1 unspecified atom stereocenters. The zero-order chi connectivity index (χ0) is 13.5. The molecule has 2 aliphatic heterocycles. The fourth-order valence-electron chi connectivity index (χ4n) is 2.74. The summed E-state index contributed by atoms with van der Waals surface area (Å²) in [4.78, 5) is 14.0. The molecule has 1 amide bonds. The highest BCUT2D eigenvalue weighted by atomic mass is 16.5. The van der Waals surface area contributed by atoms with Gasteiger partial charge in [-0.25, -0.2) is 0 Å². The Morgan fingerprint density at radius 2 is 2.42 bits per heavy atom. The topological polar surface area (TPSA) is 86.3 Å². The van der Waals surface area contributed by atoms with Crippen LogP contribution in [0.1, 0.15) is 24.5 Å². The molecule has 19 heavy (non-hydrogen) atoms. The van der Waals surface area contributed by atoms with Crippen LogP contribution in [0.15, 0.2) is 0 Å². The van der Waals surface area contributed by atoms with Crippen LogP contribution in [0.5, 0.6) is 0 Å². The summed E-state index contributed by atoms with van der Waals surface area (Å²) in [6, 6.07) is 0. The fraction of sp³-hybridized carbons (Fsp3) is 0.750. The Balaban J connectivity index is 1.70. The molecule has 7 nitrogen and oxygen atoms in total. The number of amides is 1. The molecule has 1 aromatic heterocycles. The molecule has 0 radical (unpaired) electrons. The first kappa shape index (κ1) is 12.6.